The van der Waals surface area contributed by atoms with Crippen molar-refractivity contribution in [2.75, 3.05) is 24.6 Å². The lowest BCUT2D eigenvalue weighted by Crippen LogP contribution is -2.42. The van der Waals surface area contributed by atoms with Crippen LogP contribution < -0.4 is 10.6 Å². The van der Waals surface area contributed by atoms with Crippen LogP contribution in [0.2, 0.25) is 0 Å². The Balaban J connectivity index is 1.50. The predicted molar refractivity (Wildman–Crippen MR) is 92.7 cm³/mol. The predicted octanol–water partition coefficient (Wildman–Crippen LogP) is 1.82. The standard InChI is InChI=1S/C18H23FN4O2/c1-22-14-4-2-3-13(19)15(14)21-18(22)23-8-5-11(6-9-23)16-12(17(20)24)7-10-25-16/h2-4,11-12,16H,5-10H2,1H3,(H2,20,24)/t12-,16+/m0/s1. The van der Waals surface area contributed by atoms with E-state index in [9.17, 15) is 9.18 Å². The van der Waals surface area contributed by atoms with Crippen molar-refractivity contribution < 1.29 is 13.9 Å². The number of benzene rings is 1. The SMILES string of the molecule is Cn1c(N2CCC([C@H]3OCC[C@@H]3C(N)=O)CC2)nc2c(F)cccc21. The zero-order valence-corrected chi connectivity index (χ0v) is 14.3. The number of piperidine rings is 1. The zero-order valence-electron chi connectivity index (χ0n) is 14.3. The fourth-order valence-electron chi connectivity index (χ4n) is 4.26. The van der Waals surface area contributed by atoms with E-state index in [1.54, 1.807) is 6.07 Å². The van der Waals surface area contributed by atoms with Gasteiger partial charge in [-0.15, -0.1) is 0 Å². The third kappa shape index (κ3) is 2.76. The number of aromatic nitrogens is 2. The van der Waals surface area contributed by atoms with Gasteiger partial charge in [-0.3, -0.25) is 4.79 Å². The van der Waals surface area contributed by atoms with Crippen molar-refractivity contribution in [3.05, 3.63) is 24.0 Å². The van der Waals surface area contributed by atoms with Crippen LogP contribution in [0.15, 0.2) is 18.2 Å². The van der Waals surface area contributed by atoms with Gasteiger partial charge < -0.3 is 19.9 Å². The Bertz CT molecular complexity index is 798. The van der Waals surface area contributed by atoms with Gasteiger partial charge in [0.1, 0.15) is 5.52 Å². The molecule has 2 aliphatic rings. The summed E-state index contributed by atoms with van der Waals surface area (Å²) in [5.74, 6) is 0.412. The van der Waals surface area contributed by atoms with Gasteiger partial charge in [0.25, 0.3) is 0 Å². The molecule has 0 bridgehead atoms. The second-order valence-electron chi connectivity index (χ2n) is 7.04. The van der Waals surface area contributed by atoms with Gasteiger partial charge in [0.15, 0.2) is 5.82 Å². The van der Waals surface area contributed by atoms with Crippen LogP contribution in [-0.2, 0) is 16.6 Å². The molecule has 0 radical (unpaired) electrons. The Hall–Kier alpha value is -2.15. The second-order valence-corrected chi connectivity index (χ2v) is 7.04. The Labute approximate surface area is 145 Å². The van der Waals surface area contributed by atoms with Crippen LogP contribution in [0.3, 0.4) is 0 Å². The van der Waals surface area contributed by atoms with Gasteiger partial charge >= 0.3 is 0 Å². The summed E-state index contributed by atoms with van der Waals surface area (Å²) >= 11 is 0. The number of amides is 1. The molecule has 0 saturated carbocycles. The Kier molecular flexibility index (Phi) is 4.11. The van der Waals surface area contributed by atoms with E-state index in [-0.39, 0.29) is 23.7 Å². The van der Waals surface area contributed by atoms with E-state index in [4.69, 9.17) is 10.5 Å². The van der Waals surface area contributed by atoms with Gasteiger partial charge in [-0.1, -0.05) is 6.07 Å². The third-order valence-electron chi connectivity index (χ3n) is 5.63. The van der Waals surface area contributed by atoms with Crippen molar-refractivity contribution in [2.24, 2.45) is 24.6 Å². The van der Waals surface area contributed by atoms with Gasteiger partial charge in [0, 0.05) is 26.7 Å². The van der Waals surface area contributed by atoms with Crippen molar-refractivity contribution in [3.8, 4) is 0 Å². The molecule has 2 aromatic rings. The first-order valence-corrected chi connectivity index (χ1v) is 8.83. The summed E-state index contributed by atoms with van der Waals surface area (Å²) in [5.41, 5.74) is 6.72. The van der Waals surface area contributed by atoms with Crippen LogP contribution in [0.1, 0.15) is 19.3 Å². The molecule has 4 rings (SSSR count). The Morgan fingerprint density at radius 3 is 2.76 bits per heavy atom. The maximum Gasteiger partial charge on any atom is 0.223 e. The number of primary amides is 1. The highest BCUT2D eigenvalue weighted by molar-refractivity contribution is 5.79. The van der Waals surface area contributed by atoms with Gasteiger partial charge in [-0.05, 0) is 37.3 Å². The molecule has 2 atom stereocenters. The van der Waals surface area contributed by atoms with Crippen LogP contribution in [-0.4, -0.2) is 41.3 Å². The maximum atomic E-state index is 14.0. The summed E-state index contributed by atoms with van der Waals surface area (Å²) in [4.78, 5) is 18.3. The molecule has 2 saturated heterocycles. The number of imidazole rings is 1. The highest BCUT2D eigenvalue weighted by atomic mass is 19.1. The summed E-state index contributed by atoms with van der Waals surface area (Å²) in [7, 11) is 1.92. The van der Waals surface area contributed by atoms with Crippen LogP contribution in [0.25, 0.3) is 11.0 Å². The van der Waals surface area contributed by atoms with E-state index >= 15 is 0 Å². The lowest BCUT2D eigenvalue weighted by Gasteiger charge is -2.36. The van der Waals surface area contributed by atoms with Crippen molar-refractivity contribution >= 4 is 22.9 Å². The number of hydrogen-bond acceptors (Lipinski definition) is 4. The van der Waals surface area contributed by atoms with Crippen LogP contribution in [0, 0.1) is 17.7 Å². The van der Waals surface area contributed by atoms with E-state index in [1.165, 1.54) is 6.07 Å². The average Bonchev–Trinajstić information content (AvgIpc) is 3.22. The normalized spacial score (nSPS) is 25.0. The Morgan fingerprint density at radius 1 is 1.32 bits per heavy atom. The number of para-hydroxylation sites is 1. The van der Waals surface area contributed by atoms with E-state index in [2.05, 4.69) is 9.88 Å². The minimum Gasteiger partial charge on any atom is -0.377 e. The molecule has 25 heavy (non-hydrogen) atoms. The highest BCUT2D eigenvalue weighted by Gasteiger charge is 2.39. The molecular weight excluding hydrogens is 323 g/mol. The number of hydrogen-bond donors (Lipinski definition) is 1. The molecule has 0 aliphatic carbocycles. The number of fused-ring (bicyclic) bond motifs is 1. The summed E-state index contributed by atoms with van der Waals surface area (Å²) in [6, 6.07) is 5.02. The van der Waals surface area contributed by atoms with Gasteiger partial charge in [-0.2, -0.15) is 0 Å². The average molecular weight is 346 g/mol. The molecule has 1 amide bonds. The van der Waals surface area contributed by atoms with Gasteiger partial charge in [-0.25, -0.2) is 9.37 Å². The summed E-state index contributed by atoms with van der Waals surface area (Å²) in [6.45, 7) is 2.24. The number of halogens is 1. The molecule has 2 N–H and O–H groups in total. The first-order chi connectivity index (χ1) is 12.1. The molecule has 2 fully saturated rings. The number of rotatable bonds is 3. The van der Waals surface area contributed by atoms with Crippen molar-refractivity contribution in [1.29, 1.82) is 0 Å². The molecule has 0 unspecified atom stereocenters. The van der Waals surface area contributed by atoms with Crippen molar-refractivity contribution in [1.82, 2.24) is 9.55 Å². The highest BCUT2D eigenvalue weighted by Crippen LogP contribution is 2.34. The van der Waals surface area contributed by atoms with Crippen molar-refractivity contribution in [3.63, 3.8) is 0 Å². The number of ether oxygens (including phenoxy) is 1. The molecule has 3 heterocycles. The molecule has 1 aromatic carbocycles. The van der Waals surface area contributed by atoms with Gasteiger partial charge in [0.2, 0.25) is 11.9 Å². The van der Waals surface area contributed by atoms with Crippen LogP contribution in [0.4, 0.5) is 10.3 Å². The zero-order chi connectivity index (χ0) is 17.6. The van der Waals surface area contributed by atoms with E-state index < -0.39 is 0 Å². The maximum absolute atomic E-state index is 14.0. The number of nitrogens with two attached hydrogens (primary N) is 1. The molecule has 7 heteroatoms. The number of carbonyl (C=O) groups is 1. The summed E-state index contributed by atoms with van der Waals surface area (Å²) < 4.78 is 21.7. The first-order valence-electron chi connectivity index (χ1n) is 8.83. The molecule has 0 spiro atoms. The lowest BCUT2D eigenvalue weighted by molar-refractivity contribution is -0.124. The number of aryl methyl sites for hydroxylation is 1. The van der Waals surface area contributed by atoms with Crippen molar-refractivity contribution in [2.45, 2.75) is 25.4 Å². The van der Waals surface area contributed by atoms with E-state index in [0.717, 1.165) is 43.8 Å². The molecule has 134 valence electrons. The second kappa shape index (κ2) is 6.29. The smallest absolute Gasteiger partial charge is 0.223 e. The minimum absolute atomic E-state index is 0.0578. The number of nitrogens with zero attached hydrogens (tertiary/aromatic N) is 3. The quantitative estimate of drug-likeness (QED) is 0.920. The molecule has 6 nitrogen and oxygen atoms in total. The topological polar surface area (TPSA) is 73.4 Å². The fourth-order valence-corrected chi connectivity index (χ4v) is 4.26. The van der Waals surface area contributed by atoms with Crippen LogP contribution in [0.5, 0.6) is 0 Å². The Morgan fingerprint density at radius 2 is 2.08 bits per heavy atom. The van der Waals surface area contributed by atoms with E-state index in [1.807, 2.05) is 17.7 Å². The molecular formula is C18H23FN4O2. The largest absolute Gasteiger partial charge is 0.377 e. The minimum atomic E-state index is -0.294. The first kappa shape index (κ1) is 16.3. The summed E-state index contributed by atoms with van der Waals surface area (Å²) in [6.07, 6.45) is 2.50. The van der Waals surface area contributed by atoms with Crippen LogP contribution >= 0.6 is 0 Å². The third-order valence-corrected chi connectivity index (χ3v) is 5.63. The number of carbonyl (C=O) groups excluding carboxylic acids is 1. The summed E-state index contributed by atoms with van der Waals surface area (Å²) in [5, 5.41) is 0. The van der Waals surface area contributed by atoms with E-state index in [0.29, 0.717) is 18.0 Å². The molecule has 1 aromatic heterocycles. The monoisotopic (exact) mass is 346 g/mol. The fraction of sp³-hybridized carbons (Fsp3) is 0.556. The number of anilines is 1. The van der Waals surface area contributed by atoms with Gasteiger partial charge in [0.05, 0.1) is 17.5 Å². The lowest BCUT2D eigenvalue weighted by atomic mass is 9.84. The molecule has 2 aliphatic heterocycles.